The molecule has 0 fully saturated rings. The molecule has 2 aliphatic heterocycles. The van der Waals surface area contributed by atoms with Crippen molar-refractivity contribution in [1.82, 2.24) is 28.9 Å². The van der Waals surface area contributed by atoms with Crippen molar-refractivity contribution < 1.29 is 0 Å². The second-order valence-electron chi connectivity index (χ2n) is 38.5. The second kappa shape index (κ2) is 26.9. The maximum Gasteiger partial charge on any atom is 0.132 e. The van der Waals surface area contributed by atoms with Crippen LogP contribution in [0, 0.1) is 0 Å². The van der Waals surface area contributed by atoms with Gasteiger partial charge in [-0.05, 0) is 206 Å². The Kier molecular flexibility index (Phi) is 18.6. The van der Waals surface area contributed by atoms with Crippen LogP contribution in [0.5, 0.6) is 0 Å². The molecule has 0 amide bonds. The summed E-state index contributed by atoms with van der Waals surface area (Å²) in [7, 11) is 13.4. The molecule has 0 saturated heterocycles. The first kappa shape index (κ1) is 74.6. The highest BCUT2D eigenvalue weighted by atomic mass is 15.3. The monoisotopic (exact) mass is 1420 g/mol. The fraction of sp³-hybridized carbons (Fsp3) is 0.294. The fourth-order valence-corrected chi connectivity index (χ4v) is 15.5. The number of aromatic amines is 2. The van der Waals surface area contributed by atoms with E-state index < -0.39 is 0 Å². The van der Waals surface area contributed by atoms with Crippen molar-refractivity contribution in [2.75, 3.05) is 42.3 Å². The van der Waals surface area contributed by atoms with Crippen molar-refractivity contribution in [3.05, 3.63) is 309 Å². The van der Waals surface area contributed by atoms with Gasteiger partial charge < -0.3 is 9.97 Å². The van der Waals surface area contributed by atoms with Gasteiger partial charge in [0.2, 0.25) is 0 Å². The Labute approximate surface area is 644 Å². The average molecular weight is 1420 g/mol. The van der Waals surface area contributed by atoms with E-state index in [2.05, 4.69) is 407 Å². The summed E-state index contributed by atoms with van der Waals surface area (Å²) in [5, 5.41) is 2.15. The summed E-state index contributed by atoms with van der Waals surface area (Å²) in [6.45, 7) is 41.4. The summed E-state index contributed by atoms with van der Waals surface area (Å²) in [5.74, 6) is 0. The maximum absolute atomic E-state index is 6.12. The van der Waals surface area contributed by atoms with E-state index in [4.69, 9.17) is 9.97 Å². The Morgan fingerprint density at radius 2 is 0.417 bits per heavy atom. The first-order valence-electron chi connectivity index (χ1n) is 38.8. The Morgan fingerprint density at radius 1 is 0.222 bits per heavy atom. The summed E-state index contributed by atoms with van der Waals surface area (Å²) in [6.07, 6.45) is 0. The lowest BCUT2D eigenvalue weighted by molar-refractivity contribution is 0.486. The van der Waals surface area contributed by atoms with Gasteiger partial charge in [0.1, 0.15) is 11.4 Å². The Balaban J connectivity index is 1.22. The van der Waals surface area contributed by atoms with Crippen LogP contribution in [0.2, 0.25) is 0 Å². The lowest BCUT2D eigenvalue weighted by Gasteiger charge is -2.24. The number of rotatable bonds is 10. The molecule has 6 heteroatoms. The zero-order valence-electron chi connectivity index (χ0n) is 68.7. The third-order valence-corrected chi connectivity index (χ3v) is 22.3. The summed E-state index contributed by atoms with van der Waals surface area (Å²) >= 11 is 0. The molecule has 14 rings (SSSR count). The minimum atomic E-state index is -0.0716. The predicted molar refractivity (Wildman–Crippen MR) is 467 cm³/mol. The maximum atomic E-state index is 6.12. The van der Waals surface area contributed by atoms with Crippen LogP contribution < -0.4 is 8.97 Å². The molecule has 0 radical (unpaired) electrons. The number of benzene rings is 9. The fourth-order valence-electron chi connectivity index (χ4n) is 15.5. The first-order chi connectivity index (χ1) is 50.5. The minimum absolute atomic E-state index is 0.0701. The van der Waals surface area contributed by atoms with Crippen molar-refractivity contribution in [1.29, 1.82) is 0 Å². The van der Waals surface area contributed by atoms with Gasteiger partial charge in [-0.3, -0.25) is 8.97 Å². The van der Waals surface area contributed by atoms with E-state index in [0.717, 1.165) is 145 Å². The van der Waals surface area contributed by atoms with E-state index in [1.807, 2.05) is 0 Å². The largest absolute Gasteiger partial charge is 0.354 e. The van der Waals surface area contributed by atoms with Crippen LogP contribution in [0.4, 0.5) is 11.4 Å². The van der Waals surface area contributed by atoms with E-state index in [1.165, 1.54) is 44.8 Å². The molecule has 5 heterocycles. The van der Waals surface area contributed by atoms with Crippen molar-refractivity contribution >= 4 is 66.5 Å². The van der Waals surface area contributed by atoms with Crippen LogP contribution in [-0.2, 0) is 32.5 Å². The predicted octanol–water partition coefficient (Wildman–Crippen LogP) is 26.3. The smallest absolute Gasteiger partial charge is 0.132 e. The highest BCUT2D eigenvalue weighted by molar-refractivity contribution is 6.15. The molecule has 2 aliphatic rings. The topological polar surface area (TPSA) is 57.4 Å². The van der Waals surface area contributed by atoms with Gasteiger partial charge in [-0.15, -0.1) is 0 Å². The van der Waals surface area contributed by atoms with Crippen LogP contribution in [0.15, 0.2) is 231 Å². The molecule has 0 aliphatic carbocycles. The second-order valence-corrected chi connectivity index (χ2v) is 38.5. The molecule has 6 nitrogen and oxygen atoms in total. The first-order valence-corrected chi connectivity index (χ1v) is 38.8. The lowest BCUT2D eigenvalue weighted by atomic mass is 9.84. The molecule has 9 aromatic carbocycles. The molecule has 2 N–H and O–H groups in total. The summed E-state index contributed by atoms with van der Waals surface area (Å²) in [4.78, 5) is 20.7. The zero-order chi connectivity index (χ0) is 77.3. The molecule has 0 atom stereocenters. The zero-order valence-corrected chi connectivity index (χ0v) is 68.7. The SMILES string of the molecule is CC(C)(C)c1ccc(C2=C(c3ccc(C(C)(C)C)cc3)c3cc4[nH]c(cc5nc(cc6[nH]c(cc2n3)c(-c2ccc(C(C)(C)C)cc2)c6-c2ccc(C(C)(C)C)cc2)C(c2ccc(C(C)(C)C)cc2)=C5c2ccc(C(C)(C)C)cc2)c2cc(-c3ccc([N+](C)(C)C)cc3)c(-c3ccc([N+](C)(C)C)cc3)cc42)cc1. The van der Waals surface area contributed by atoms with Gasteiger partial charge in [0.05, 0.1) is 65.1 Å². The standard InChI is InChI=1S/C102H112N6/c1-97(2,3)71-41-25-65(26-42-71)91-85-59-83-81-57-79(63-37-53-77(54-38-63)107(19,20)21)80(64-39-55-78(56-40-64)108(22,23)24)58-82(81)84(103-83)60-86-92(66-27-43-72(44-28-66)98(4,5)6)94(68-31-47-74(48-32-68)100(10,11)12)88(105-86)62-90-96(70-35-51-76(52-36-70)102(16,17)18)95(69-33-49-75(50-34-69)101(13,14)15)89(106-90)61-87(104-85)93(91)67-29-45-73(46-30-67)99(7,8)9/h25-62,103,106H,1-24H3/q+2. The van der Waals surface area contributed by atoms with Gasteiger partial charge >= 0.3 is 0 Å². The quantitative estimate of drug-likeness (QED) is 0.134. The molecule has 548 valence electrons. The van der Waals surface area contributed by atoms with Crippen molar-refractivity contribution in [3.8, 4) is 44.5 Å². The van der Waals surface area contributed by atoms with Crippen LogP contribution in [0.1, 0.15) is 203 Å². The molecular weight excluding hydrogens is 1310 g/mol. The van der Waals surface area contributed by atoms with Gasteiger partial charge in [-0.25, -0.2) is 9.97 Å². The molecule has 0 unspecified atom stereocenters. The third kappa shape index (κ3) is 14.7. The van der Waals surface area contributed by atoms with E-state index >= 15 is 0 Å². The molecule has 0 saturated carbocycles. The van der Waals surface area contributed by atoms with E-state index in [9.17, 15) is 0 Å². The van der Waals surface area contributed by atoms with Gasteiger partial charge in [-0.2, -0.15) is 0 Å². The van der Waals surface area contributed by atoms with E-state index in [-0.39, 0.29) is 32.5 Å². The highest BCUT2D eigenvalue weighted by Crippen LogP contribution is 2.49. The van der Waals surface area contributed by atoms with E-state index in [0.29, 0.717) is 8.97 Å². The molecule has 12 aromatic rings. The molecular formula is C102H112N6+2. The number of fused-ring (bicyclic) bond motifs is 11. The third-order valence-electron chi connectivity index (χ3n) is 22.3. The average Bonchev–Trinajstić information content (AvgIpc) is 1.57. The minimum Gasteiger partial charge on any atom is -0.354 e. The van der Waals surface area contributed by atoms with Crippen molar-refractivity contribution in [2.45, 2.75) is 157 Å². The number of H-pyrrole nitrogens is 2. The van der Waals surface area contributed by atoms with Gasteiger partial charge in [0.25, 0.3) is 0 Å². The molecule has 108 heavy (non-hydrogen) atoms. The lowest BCUT2D eigenvalue weighted by Crippen LogP contribution is -2.34. The number of aromatic nitrogens is 4. The van der Waals surface area contributed by atoms with Crippen molar-refractivity contribution in [2.24, 2.45) is 0 Å². The summed E-state index contributed by atoms with van der Waals surface area (Å²) < 4.78 is 1.41. The Bertz CT molecular complexity index is 5320. The van der Waals surface area contributed by atoms with E-state index in [1.54, 1.807) is 0 Å². The Hall–Kier alpha value is -10.2. The van der Waals surface area contributed by atoms with Crippen LogP contribution in [0.3, 0.4) is 0 Å². The summed E-state index contributed by atoms with van der Waals surface area (Å²) in [5.41, 5.74) is 34.4. The number of nitrogens with zero attached hydrogens (tertiary/aromatic N) is 4. The van der Waals surface area contributed by atoms with Crippen LogP contribution >= 0.6 is 0 Å². The van der Waals surface area contributed by atoms with Crippen LogP contribution in [-0.4, -0.2) is 62.2 Å². The number of hydrogen-bond donors (Lipinski definition) is 2. The summed E-state index contributed by atoms with van der Waals surface area (Å²) in [6, 6.07) is 88.7. The molecule has 3 aromatic heterocycles. The van der Waals surface area contributed by atoms with Gasteiger partial charge in [0.15, 0.2) is 0 Å². The molecule has 0 spiro atoms. The highest BCUT2D eigenvalue weighted by Gasteiger charge is 2.31. The van der Waals surface area contributed by atoms with Crippen LogP contribution in [0.25, 0.3) is 99.6 Å². The Morgan fingerprint density at radius 3 is 0.630 bits per heavy atom. The number of quaternary nitrogens is 2. The normalized spacial score (nSPS) is 13.7. The van der Waals surface area contributed by atoms with Gasteiger partial charge in [0, 0.05) is 66.3 Å². The number of nitrogens with one attached hydrogen (secondary N) is 2. The van der Waals surface area contributed by atoms with Crippen molar-refractivity contribution in [3.63, 3.8) is 0 Å². The molecule has 8 bridgehead atoms. The number of hydrogen-bond acceptors (Lipinski definition) is 2. The van der Waals surface area contributed by atoms with Gasteiger partial charge in [-0.1, -0.05) is 270 Å².